The number of halogens is 3. The Morgan fingerprint density at radius 3 is 2.45 bits per heavy atom. The third kappa shape index (κ3) is 7.18. The summed E-state index contributed by atoms with van der Waals surface area (Å²) in [6.07, 6.45) is 3.16. The molecule has 0 radical (unpaired) electrons. The molecule has 1 aromatic carbocycles. The van der Waals surface area contributed by atoms with Gasteiger partial charge in [-0.1, -0.05) is 29.3 Å². The summed E-state index contributed by atoms with van der Waals surface area (Å²) in [5.74, 6) is 0.623. The summed E-state index contributed by atoms with van der Waals surface area (Å²) >= 11 is 12.5. The Labute approximate surface area is 193 Å². The van der Waals surface area contributed by atoms with Crippen LogP contribution in [0.15, 0.2) is 56.5 Å². The Morgan fingerprint density at radius 1 is 1.19 bits per heavy atom. The molecule has 5 nitrogen and oxygen atoms in total. The van der Waals surface area contributed by atoms with Gasteiger partial charge in [0.05, 0.1) is 36.2 Å². The second kappa shape index (κ2) is 12.6. The maximum absolute atomic E-state index is 12.7. The van der Waals surface area contributed by atoms with Gasteiger partial charge in [-0.15, -0.1) is 0 Å². The van der Waals surface area contributed by atoms with E-state index >= 15 is 0 Å². The number of rotatable bonds is 11. The number of allylic oxidation sites excluding steroid dienone is 3. The fraction of sp³-hybridized carbons (Fsp3) is 0.435. The summed E-state index contributed by atoms with van der Waals surface area (Å²) in [4.78, 5) is 23.7. The van der Waals surface area contributed by atoms with Gasteiger partial charge in [0.2, 0.25) is 5.91 Å². The van der Waals surface area contributed by atoms with Crippen LogP contribution in [-0.2, 0) is 4.79 Å². The number of aliphatic imine (C=N–C) groups is 2. The minimum absolute atomic E-state index is 0.0186. The molecule has 1 aliphatic rings. The number of amides is 1. The molecule has 0 N–H and O–H groups in total. The largest absolute Gasteiger partial charge is 0.493 e. The highest BCUT2D eigenvalue weighted by Crippen LogP contribution is 2.25. The number of hydrogen-bond donors (Lipinski definition) is 0. The minimum Gasteiger partial charge on any atom is -0.493 e. The van der Waals surface area contributed by atoms with Crippen LogP contribution in [0.25, 0.3) is 0 Å². The number of nitrogens with zero attached hydrogens (tertiary/aromatic N) is 3. The lowest BCUT2D eigenvalue weighted by molar-refractivity contribution is -0.129. The molecule has 0 saturated carbocycles. The maximum atomic E-state index is 12.7. The Hall–Kier alpha value is -2.18. The molecule has 1 atom stereocenters. The van der Waals surface area contributed by atoms with Crippen molar-refractivity contribution in [1.29, 1.82) is 0 Å². The van der Waals surface area contributed by atoms with Crippen LogP contribution in [0.2, 0.25) is 0 Å². The second-order valence-electron chi connectivity index (χ2n) is 6.79. The molecule has 8 heteroatoms. The van der Waals surface area contributed by atoms with Crippen LogP contribution in [0.3, 0.4) is 0 Å². The molecule has 0 aliphatic carbocycles. The van der Waals surface area contributed by atoms with Gasteiger partial charge in [-0.2, -0.15) is 0 Å². The average molecular weight is 468 g/mol. The van der Waals surface area contributed by atoms with Crippen molar-refractivity contribution in [1.82, 2.24) is 4.90 Å². The van der Waals surface area contributed by atoms with Crippen molar-refractivity contribution in [2.75, 3.05) is 26.4 Å². The molecule has 0 saturated heterocycles. The Bertz CT molecular complexity index is 875. The first-order valence-electron chi connectivity index (χ1n) is 10.3. The lowest BCUT2D eigenvalue weighted by Gasteiger charge is -2.18. The molecule has 1 amide bonds. The first kappa shape index (κ1) is 25.1. The lowest BCUT2D eigenvalue weighted by atomic mass is 10.0. The summed E-state index contributed by atoms with van der Waals surface area (Å²) in [5, 5.41) is 0.858. The van der Waals surface area contributed by atoms with E-state index in [2.05, 4.69) is 9.98 Å². The van der Waals surface area contributed by atoms with Crippen LogP contribution < -0.4 is 4.74 Å². The quantitative estimate of drug-likeness (QED) is 0.317. The van der Waals surface area contributed by atoms with Gasteiger partial charge in [0.25, 0.3) is 0 Å². The molecule has 2 rings (SSSR count). The van der Waals surface area contributed by atoms with Crippen molar-refractivity contribution >= 4 is 40.5 Å². The van der Waals surface area contributed by atoms with Crippen molar-refractivity contribution in [3.63, 3.8) is 0 Å². The van der Waals surface area contributed by atoms with Crippen LogP contribution in [0.4, 0.5) is 4.39 Å². The number of hydrogen-bond acceptors (Lipinski definition) is 4. The van der Waals surface area contributed by atoms with Crippen molar-refractivity contribution in [3.05, 3.63) is 52.0 Å². The Morgan fingerprint density at radius 2 is 1.87 bits per heavy atom. The van der Waals surface area contributed by atoms with E-state index in [0.29, 0.717) is 53.4 Å². The van der Waals surface area contributed by atoms with Crippen molar-refractivity contribution < 1.29 is 13.9 Å². The van der Waals surface area contributed by atoms with Crippen LogP contribution in [0.5, 0.6) is 5.75 Å². The summed E-state index contributed by atoms with van der Waals surface area (Å²) < 4.78 is 17.8. The van der Waals surface area contributed by atoms with Gasteiger partial charge >= 0.3 is 0 Å². The highest BCUT2D eigenvalue weighted by molar-refractivity contribution is 6.51. The standard InChI is InChI=1S/C23H28Cl2FN3O2/c1-4-17(24)14-19(25)23-27-20(15-21(30)29(5-2)6-3)22(28-23)16-8-10-18(11-9-16)31-13-7-12-26/h4,8-11,14,23H,5-7,12-13,15H2,1-3H3/b17-4+,19-14+. The zero-order valence-corrected chi connectivity index (χ0v) is 19.6. The third-order valence-electron chi connectivity index (χ3n) is 4.71. The Kier molecular flexibility index (Phi) is 10.2. The van der Waals surface area contributed by atoms with Crippen LogP contribution in [0, 0.1) is 0 Å². The number of carbonyl (C=O) groups excluding carboxylic acids is 1. The second-order valence-corrected chi connectivity index (χ2v) is 7.66. The van der Waals surface area contributed by atoms with Crippen LogP contribution in [0.1, 0.15) is 39.2 Å². The van der Waals surface area contributed by atoms with E-state index in [1.54, 1.807) is 36.1 Å². The minimum atomic E-state index is -0.648. The summed E-state index contributed by atoms with van der Waals surface area (Å²) in [6, 6.07) is 7.28. The molecular formula is C23H28Cl2FN3O2. The molecule has 168 valence electrons. The van der Waals surface area contributed by atoms with Gasteiger partial charge in [-0.05, 0) is 51.1 Å². The van der Waals surface area contributed by atoms with Gasteiger partial charge in [0.1, 0.15) is 5.75 Å². The fourth-order valence-electron chi connectivity index (χ4n) is 3.00. The van der Waals surface area contributed by atoms with E-state index in [9.17, 15) is 9.18 Å². The van der Waals surface area contributed by atoms with Crippen LogP contribution in [-0.4, -0.2) is 54.8 Å². The summed E-state index contributed by atoms with van der Waals surface area (Å²) in [5.41, 5.74) is 1.99. The zero-order chi connectivity index (χ0) is 22.8. The number of ether oxygens (including phenoxy) is 1. The Balaban J connectivity index is 2.31. The molecular weight excluding hydrogens is 440 g/mol. The molecule has 0 spiro atoms. The average Bonchev–Trinajstić information content (AvgIpc) is 3.19. The molecule has 31 heavy (non-hydrogen) atoms. The molecule has 1 unspecified atom stereocenters. The topological polar surface area (TPSA) is 54.3 Å². The highest BCUT2D eigenvalue weighted by Gasteiger charge is 2.27. The first-order valence-corrected chi connectivity index (χ1v) is 11.1. The predicted octanol–water partition coefficient (Wildman–Crippen LogP) is 5.52. The molecule has 0 aromatic heterocycles. The maximum Gasteiger partial charge on any atom is 0.228 e. The van der Waals surface area contributed by atoms with Gasteiger partial charge in [-0.3, -0.25) is 19.2 Å². The van der Waals surface area contributed by atoms with Crippen LogP contribution >= 0.6 is 23.2 Å². The molecule has 0 fully saturated rings. The predicted molar refractivity (Wildman–Crippen MR) is 126 cm³/mol. The van der Waals surface area contributed by atoms with Crippen molar-refractivity contribution in [2.24, 2.45) is 9.98 Å². The van der Waals surface area contributed by atoms with Crippen molar-refractivity contribution in [3.8, 4) is 5.75 Å². The number of benzene rings is 1. The smallest absolute Gasteiger partial charge is 0.228 e. The van der Waals surface area contributed by atoms with Gasteiger partial charge < -0.3 is 9.64 Å². The van der Waals surface area contributed by atoms with E-state index in [4.69, 9.17) is 27.9 Å². The van der Waals surface area contributed by atoms with Gasteiger partial charge in [0.15, 0.2) is 6.17 Å². The number of alkyl halides is 1. The molecule has 1 aliphatic heterocycles. The third-order valence-corrected chi connectivity index (χ3v) is 5.34. The van der Waals surface area contributed by atoms with E-state index in [-0.39, 0.29) is 12.3 Å². The summed E-state index contributed by atoms with van der Waals surface area (Å²) in [7, 11) is 0. The lowest BCUT2D eigenvalue weighted by Crippen LogP contribution is -2.33. The first-order chi connectivity index (χ1) is 14.9. The monoisotopic (exact) mass is 467 g/mol. The highest BCUT2D eigenvalue weighted by atomic mass is 35.5. The SMILES string of the molecule is C/C=C(Cl)\C=C(\Cl)C1N=C(CC(=O)N(CC)CC)C(c2ccc(OCCCF)cc2)=N1. The van der Waals surface area contributed by atoms with E-state index in [0.717, 1.165) is 5.56 Å². The fourth-order valence-corrected chi connectivity index (χ4v) is 3.39. The van der Waals surface area contributed by atoms with E-state index in [1.165, 1.54) is 0 Å². The van der Waals surface area contributed by atoms with E-state index < -0.39 is 12.8 Å². The van der Waals surface area contributed by atoms with Gasteiger partial charge in [0, 0.05) is 30.1 Å². The molecule has 1 heterocycles. The zero-order valence-electron chi connectivity index (χ0n) is 18.1. The molecule has 0 bridgehead atoms. The number of carbonyl (C=O) groups is 1. The van der Waals surface area contributed by atoms with Gasteiger partial charge in [-0.25, -0.2) is 0 Å². The van der Waals surface area contributed by atoms with E-state index in [1.807, 2.05) is 26.0 Å². The van der Waals surface area contributed by atoms with Crippen molar-refractivity contribution in [2.45, 2.75) is 39.8 Å². The molecule has 1 aromatic rings. The normalized spacial score (nSPS) is 16.8. The summed E-state index contributed by atoms with van der Waals surface area (Å²) in [6.45, 7) is 6.84.